The smallest absolute Gasteiger partial charge is 0.297 e. The number of amides is 1. The fourth-order valence-corrected chi connectivity index (χ4v) is 3.55. The highest BCUT2D eigenvalue weighted by atomic mass is 16.5. The van der Waals surface area contributed by atoms with Crippen molar-refractivity contribution in [2.75, 3.05) is 6.61 Å². The van der Waals surface area contributed by atoms with Gasteiger partial charge in [0.1, 0.15) is 6.10 Å². The van der Waals surface area contributed by atoms with Gasteiger partial charge in [0.15, 0.2) is 0 Å². The van der Waals surface area contributed by atoms with E-state index in [1.807, 2.05) is 36.7 Å². The van der Waals surface area contributed by atoms with Crippen molar-refractivity contribution in [1.29, 1.82) is 0 Å². The van der Waals surface area contributed by atoms with Crippen LogP contribution in [0.3, 0.4) is 0 Å². The summed E-state index contributed by atoms with van der Waals surface area (Å²) in [5, 5.41) is 2.85. The van der Waals surface area contributed by atoms with Crippen molar-refractivity contribution in [1.82, 2.24) is 14.9 Å². The molecule has 1 aliphatic rings. The van der Waals surface area contributed by atoms with Gasteiger partial charge in [0.25, 0.3) is 6.01 Å². The Morgan fingerprint density at radius 3 is 2.74 bits per heavy atom. The quantitative estimate of drug-likeness (QED) is 0.810. The van der Waals surface area contributed by atoms with Crippen LogP contribution in [0.15, 0.2) is 24.8 Å². The number of benzene rings is 1. The van der Waals surface area contributed by atoms with Crippen LogP contribution in [0.5, 0.6) is 6.01 Å². The van der Waals surface area contributed by atoms with E-state index in [1.165, 1.54) is 6.92 Å². The predicted octanol–water partition coefficient (Wildman–Crippen LogP) is 3.45. The third-order valence-electron chi connectivity index (χ3n) is 5.02. The topological polar surface area (TPSA) is 65.4 Å². The first kappa shape index (κ1) is 19.4. The molecule has 1 aromatic heterocycles. The zero-order chi connectivity index (χ0) is 19.4. The third-order valence-corrected chi connectivity index (χ3v) is 5.02. The molecule has 1 atom stereocenters. The lowest BCUT2D eigenvalue weighted by Crippen LogP contribution is -2.37. The minimum absolute atomic E-state index is 0.0223. The highest BCUT2D eigenvalue weighted by Crippen LogP contribution is 2.27. The summed E-state index contributed by atoms with van der Waals surface area (Å²) in [6.07, 6.45) is 6.04. The molecule has 0 aliphatic heterocycles. The minimum Gasteiger partial charge on any atom is -0.461 e. The number of aryl methyl sites for hydroxylation is 1. The van der Waals surface area contributed by atoms with Crippen LogP contribution < -0.4 is 10.1 Å². The van der Waals surface area contributed by atoms with E-state index in [0.29, 0.717) is 12.6 Å². The lowest BCUT2D eigenvalue weighted by Gasteiger charge is -2.29. The van der Waals surface area contributed by atoms with Gasteiger partial charge >= 0.3 is 0 Å². The number of fused-ring (bicyclic) bond motifs is 1. The van der Waals surface area contributed by atoms with Crippen LogP contribution in [0.1, 0.15) is 45.1 Å². The monoisotopic (exact) mass is 371 g/mol. The summed E-state index contributed by atoms with van der Waals surface area (Å²) in [7, 11) is 1.98. The summed E-state index contributed by atoms with van der Waals surface area (Å²) in [4.78, 5) is 15.7. The molecule has 0 spiro atoms. The Morgan fingerprint density at radius 1 is 1.37 bits per heavy atom. The molecule has 6 nitrogen and oxygen atoms in total. The molecule has 0 radical (unpaired) electrons. The Morgan fingerprint density at radius 2 is 2.07 bits per heavy atom. The lowest BCUT2D eigenvalue weighted by molar-refractivity contribution is -0.120. The number of aromatic nitrogens is 2. The van der Waals surface area contributed by atoms with E-state index in [9.17, 15) is 4.79 Å². The second-order valence-corrected chi connectivity index (χ2v) is 7.36. The normalized spacial score (nSPS) is 21.0. The summed E-state index contributed by atoms with van der Waals surface area (Å²) < 4.78 is 14.1. The predicted molar refractivity (Wildman–Crippen MR) is 107 cm³/mol. The lowest BCUT2D eigenvalue weighted by atomic mass is 9.95. The molecular weight excluding hydrogens is 342 g/mol. The van der Waals surface area contributed by atoms with E-state index in [-0.39, 0.29) is 24.2 Å². The fraction of sp³-hybridized carbons (Fsp3) is 0.524. The fourth-order valence-electron chi connectivity index (χ4n) is 3.55. The number of hydrogen-bond donors (Lipinski definition) is 1. The maximum absolute atomic E-state index is 11.1. The van der Waals surface area contributed by atoms with E-state index in [4.69, 9.17) is 9.47 Å². The molecule has 1 fully saturated rings. The molecule has 1 saturated carbocycles. The molecule has 3 rings (SSSR count). The number of carbonyl (C=O) groups excluding carboxylic acids is 1. The molecule has 1 heterocycles. The summed E-state index contributed by atoms with van der Waals surface area (Å²) >= 11 is 0. The Balaban J connectivity index is 1.52. The van der Waals surface area contributed by atoms with Gasteiger partial charge in [-0.1, -0.05) is 18.7 Å². The van der Waals surface area contributed by atoms with Gasteiger partial charge in [-0.25, -0.2) is 0 Å². The van der Waals surface area contributed by atoms with Crippen LogP contribution in [-0.4, -0.2) is 40.3 Å². The van der Waals surface area contributed by atoms with Crippen molar-refractivity contribution in [2.24, 2.45) is 7.05 Å². The third kappa shape index (κ3) is 4.89. The molecule has 1 aromatic carbocycles. The zero-order valence-electron chi connectivity index (χ0n) is 16.4. The van der Waals surface area contributed by atoms with Gasteiger partial charge in [0.2, 0.25) is 5.91 Å². The van der Waals surface area contributed by atoms with E-state index in [0.717, 1.165) is 42.3 Å². The van der Waals surface area contributed by atoms with Gasteiger partial charge in [-0.3, -0.25) is 9.36 Å². The molecule has 0 bridgehead atoms. The number of nitrogens with one attached hydrogen (secondary N) is 1. The van der Waals surface area contributed by atoms with Gasteiger partial charge in [0.05, 0.1) is 23.7 Å². The van der Waals surface area contributed by atoms with Crippen molar-refractivity contribution in [2.45, 2.75) is 57.8 Å². The molecule has 6 heteroatoms. The van der Waals surface area contributed by atoms with Crippen molar-refractivity contribution in [3.05, 3.63) is 30.3 Å². The molecule has 1 aliphatic carbocycles. The average molecular weight is 371 g/mol. The molecule has 27 heavy (non-hydrogen) atoms. The average Bonchev–Trinajstić information content (AvgIpc) is 2.95. The second kappa shape index (κ2) is 8.57. The number of imidazole rings is 1. The standard InChI is InChI=1S/C21H29N3O3/c1-5-16-6-11-19-20(12-16)24(4)21(23-19)27-18-9-7-17(8-10-18)26-13-14(2)22-15(3)25/h5-6,11-12,14,17-18H,1,7-10,13H2,2-4H3,(H,22,25)/t14-,17-,18-/m0/s1. The first-order chi connectivity index (χ1) is 13.0. The summed E-state index contributed by atoms with van der Waals surface area (Å²) in [6.45, 7) is 7.85. The first-order valence-corrected chi connectivity index (χ1v) is 9.60. The van der Waals surface area contributed by atoms with Crippen LogP contribution >= 0.6 is 0 Å². The van der Waals surface area contributed by atoms with Crippen LogP contribution in [0.25, 0.3) is 17.1 Å². The molecule has 1 amide bonds. The number of hydrogen-bond acceptors (Lipinski definition) is 4. The zero-order valence-corrected chi connectivity index (χ0v) is 16.4. The SMILES string of the molecule is C=Cc1ccc2nc(O[C@H]3CC[C@H](OC[C@H](C)NC(C)=O)CC3)n(C)c2c1. The number of rotatable bonds is 7. The van der Waals surface area contributed by atoms with Gasteiger partial charge < -0.3 is 14.8 Å². The molecule has 0 saturated heterocycles. The largest absolute Gasteiger partial charge is 0.461 e. The molecule has 146 valence electrons. The van der Waals surface area contributed by atoms with Crippen LogP contribution in [0, 0.1) is 0 Å². The molecule has 2 aromatic rings. The Hall–Kier alpha value is -2.34. The van der Waals surface area contributed by atoms with E-state index in [2.05, 4.69) is 22.9 Å². The van der Waals surface area contributed by atoms with E-state index >= 15 is 0 Å². The Bertz CT molecular complexity index is 806. The summed E-state index contributed by atoms with van der Waals surface area (Å²) in [5.41, 5.74) is 3.05. The Labute approximate surface area is 160 Å². The van der Waals surface area contributed by atoms with Crippen LogP contribution in [0.4, 0.5) is 0 Å². The van der Waals surface area contributed by atoms with Crippen molar-refractivity contribution >= 4 is 23.0 Å². The molecule has 0 unspecified atom stereocenters. The van der Waals surface area contributed by atoms with Crippen molar-refractivity contribution in [3.8, 4) is 6.01 Å². The maximum Gasteiger partial charge on any atom is 0.297 e. The summed E-state index contributed by atoms with van der Waals surface area (Å²) in [6, 6.07) is 6.78. The molecule has 1 N–H and O–H groups in total. The highest BCUT2D eigenvalue weighted by Gasteiger charge is 2.25. The minimum atomic E-state index is -0.0223. The van der Waals surface area contributed by atoms with Gasteiger partial charge in [-0.15, -0.1) is 0 Å². The summed E-state index contributed by atoms with van der Waals surface area (Å²) in [5.74, 6) is -0.0223. The number of nitrogens with zero attached hydrogens (tertiary/aromatic N) is 2. The van der Waals surface area contributed by atoms with Gasteiger partial charge in [-0.2, -0.15) is 4.98 Å². The number of carbonyl (C=O) groups is 1. The highest BCUT2D eigenvalue weighted by molar-refractivity contribution is 5.79. The molecular formula is C21H29N3O3. The van der Waals surface area contributed by atoms with Crippen LogP contribution in [-0.2, 0) is 16.6 Å². The van der Waals surface area contributed by atoms with Crippen LogP contribution in [0.2, 0.25) is 0 Å². The van der Waals surface area contributed by atoms with E-state index in [1.54, 1.807) is 0 Å². The van der Waals surface area contributed by atoms with Crippen molar-refractivity contribution < 1.29 is 14.3 Å². The number of ether oxygens (including phenoxy) is 2. The maximum atomic E-state index is 11.1. The Kier molecular flexibility index (Phi) is 6.16. The van der Waals surface area contributed by atoms with Crippen molar-refractivity contribution in [3.63, 3.8) is 0 Å². The second-order valence-electron chi connectivity index (χ2n) is 7.36. The van der Waals surface area contributed by atoms with Gasteiger partial charge in [0, 0.05) is 20.0 Å². The van der Waals surface area contributed by atoms with E-state index < -0.39 is 0 Å². The first-order valence-electron chi connectivity index (χ1n) is 9.60. The van der Waals surface area contributed by atoms with Gasteiger partial charge in [-0.05, 0) is 50.3 Å².